The molecule has 1 rings (SSSR count). The molecule has 0 radical (unpaired) electrons. The fourth-order valence-corrected chi connectivity index (χ4v) is 3.05. The van der Waals surface area contributed by atoms with Crippen LogP contribution in [0.25, 0.3) is 0 Å². The summed E-state index contributed by atoms with van der Waals surface area (Å²) in [5, 5.41) is 19.2. The van der Waals surface area contributed by atoms with Crippen molar-refractivity contribution < 1.29 is 28.2 Å². The topological polar surface area (TPSA) is 57.5 Å². The monoisotopic (exact) mass is 374 g/mol. The van der Waals surface area contributed by atoms with E-state index in [2.05, 4.69) is 6.92 Å². The summed E-state index contributed by atoms with van der Waals surface area (Å²) in [7, 11) is 0. The molecule has 6 heteroatoms. The molecule has 0 spiro atoms. The molecule has 0 aliphatic rings. The number of carbonyl (C=O) groups is 1. The smallest absolute Gasteiger partial charge is 0.207 e. The number of halogens is 3. The maximum atomic E-state index is 14.3. The number of ketones is 1. The van der Waals surface area contributed by atoms with Crippen LogP contribution in [0.4, 0.5) is 13.2 Å². The SMILES string of the molecule is CCCCCCCCCCCCc1c(O)c(F)c(O)c(C(=O)CF)c1F. The molecule has 0 fully saturated rings. The number of phenolic OH excluding ortho intramolecular Hbond substituents is 2. The summed E-state index contributed by atoms with van der Waals surface area (Å²) < 4.78 is 40.6. The summed E-state index contributed by atoms with van der Waals surface area (Å²) in [6, 6.07) is 0. The fourth-order valence-electron chi connectivity index (χ4n) is 3.05. The Labute approximate surface area is 153 Å². The van der Waals surface area contributed by atoms with E-state index >= 15 is 0 Å². The minimum Gasteiger partial charge on any atom is -0.504 e. The average molecular weight is 374 g/mol. The molecule has 1 aromatic rings. The number of phenols is 2. The highest BCUT2D eigenvalue weighted by atomic mass is 19.1. The zero-order valence-corrected chi connectivity index (χ0v) is 15.4. The molecule has 3 nitrogen and oxygen atoms in total. The Kier molecular flexibility index (Phi) is 10.1. The predicted molar refractivity (Wildman–Crippen MR) is 95.5 cm³/mol. The lowest BCUT2D eigenvalue weighted by Gasteiger charge is -2.12. The third-order valence-electron chi connectivity index (χ3n) is 4.60. The minimum absolute atomic E-state index is 0.0257. The maximum absolute atomic E-state index is 14.3. The van der Waals surface area contributed by atoms with E-state index in [0.29, 0.717) is 6.42 Å². The number of hydrogen-bond donors (Lipinski definition) is 2. The fraction of sp³-hybridized carbons (Fsp3) is 0.650. The zero-order valence-electron chi connectivity index (χ0n) is 15.4. The van der Waals surface area contributed by atoms with Gasteiger partial charge in [0.15, 0.2) is 18.2 Å². The van der Waals surface area contributed by atoms with Crippen molar-refractivity contribution in [3.05, 3.63) is 22.8 Å². The normalized spacial score (nSPS) is 11.1. The third-order valence-corrected chi connectivity index (χ3v) is 4.60. The quantitative estimate of drug-likeness (QED) is 0.329. The van der Waals surface area contributed by atoms with Crippen LogP contribution >= 0.6 is 0 Å². The highest BCUT2D eigenvalue weighted by Gasteiger charge is 2.27. The summed E-state index contributed by atoms with van der Waals surface area (Å²) in [5.74, 6) is -6.41. The lowest BCUT2D eigenvalue weighted by atomic mass is 9.98. The third kappa shape index (κ3) is 6.22. The van der Waals surface area contributed by atoms with Crippen molar-refractivity contribution in [2.75, 3.05) is 6.67 Å². The first-order valence-electron chi connectivity index (χ1n) is 9.46. The van der Waals surface area contributed by atoms with Crippen LogP contribution in [-0.4, -0.2) is 22.7 Å². The van der Waals surface area contributed by atoms with Crippen molar-refractivity contribution in [2.45, 2.75) is 77.6 Å². The first kappa shape index (κ1) is 22.3. The Morgan fingerprint density at radius 3 is 1.81 bits per heavy atom. The standard InChI is InChI=1S/C20H29F3O3/c1-2-3-4-5-6-7-8-9-10-11-12-14-17(22)16(15(24)13-21)20(26)18(23)19(14)25/h25-26H,2-13H2,1H3. The minimum atomic E-state index is -1.55. The van der Waals surface area contributed by atoms with Crippen LogP contribution < -0.4 is 0 Å². The Hall–Kier alpha value is -1.72. The van der Waals surface area contributed by atoms with Crippen LogP contribution in [0.15, 0.2) is 0 Å². The molecule has 0 atom stereocenters. The Bertz CT molecular complexity index is 588. The van der Waals surface area contributed by atoms with E-state index in [1.165, 1.54) is 32.1 Å². The molecule has 26 heavy (non-hydrogen) atoms. The number of rotatable bonds is 13. The molecule has 0 aliphatic heterocycles. The summed E-state index contributed by atoms with van der Waals surface area (Å²) in [5.41, 5.74) is -1.40. The van der Waals surface area contributed by atoms with Gasteiger partial charge >= 0.3 is 0 Å². The number of hydrogen-bond acceptors (Lipinski definition) is 3. The van der Waals surface area contributed by atoms with Crippen LogP contribution in [0.5, 0.6) is 11.5 Å². The number of carbonyl (C=O) groups excluding carboxylic acids is 1. The van der Waals surface area contributed by atoms with Gasteiger partial charge in [-0.05, 0) is 12.8 Å². The van der Waals surface area contributed by atoms with Gasteiger partial charge in [0.2, 0.25) is 11.6 Å². The first-order chi connectivity index (χ1) is 12.5. The summed E-state index contributed by atoms with van der Waals surface area (Å²) in [6.07, 6.45) is 10.7. The number of alkyl halides is 1. The van der Waals surface area contributed by atoms with Crippen molar-refractivity contribution in [1.82, 2.24) is 0 Å². The lowest BCUT2D eigenvalue weighted by molar-refractivity contribution is 0.0950. The first-order valence-corrected chi connectivity index (χ1v) is 9.46. The largest absolute Gasteiger partial charge is 0.504 e. The van der Waals surface area contributed by atoms with E-state index < -0.39 is 41.2 Å². The van der Waals surface area contributed by atoms with E-state index in [4.69, 9.17) is 0 Å². The van der Waals surface area contributed by atoms with Crippen LogP contribution in [-0.2, 0) is 6.42 Å². The van der Waals surface area contributed by atoms with E-state index in [-0.39, 0.29) is 12.0 Å². The molecule has 0 saturated heterocycles. The highest BCUT2D eigenvalue weighted by molar-refractivity contribution is 6.00. The molecule has 1 aromatic carbocycles. The van der Waals surface area contributed by atoms with Gasteiger partial charge in [-0.2, -0.15) is 4.39 Å². The van der Waals surface area contributed by atoms with Gasteiger partial charge in [0.05, 0.1) is 0 Å². The highest BCUT2D eigenvalue weighted by Crippen LogP contribution is 2.36. The molecule has 0 unspecified atom stereocenters. The number of unbranched alkanes of at least 4 members (excludes halogenated alkanes) is 9. The van der Waals surface area contributed by atoms with E-state index in [1.807, 2.05) is 0 Å². The van der Waals surface area contributed by atoms with Gasteiger partial charge in [-0.1, -0.05) is 64.7 Å². The molecule has 0 aliphatic carbocycles. The second kappa shape index (κ2) is 11.8. The molecule has 0 amide bonds. The van der Waals surface area contributed by atoms with Crippen molar-refractivity contribution in [3.63, 3.8) is 0 Å². The summed E-state index contributed by atoms with van der Waals surface area (Å²) >= 11 is 0. The average Bonchev–Trinajstić information content (AvgIpc) is 2.63. The molecular weight excluding hydrogens is 345 g/mol. The Morgan fingerprint density at radius 2 is 1.31 bits per heavy atom. The van der Waals surface area contributed by atoms with Crippen LogP contribution in [0.1, 0.15) is 87.1 Å². The van der Waals surface area contributed by atoms with Gasteiger partial charge in [0.25, 0.3) is 0 Å². The number of aromatic hydroxyl groups is 2. The van der Waals surface area contributed by atoms with Gasteiger partial charge < -0.3 is 10.2 Å². The van der Waals surface area contributed by atoms with Crippen LogP contribution in [0, 0.1) is 11.6 Å². The van der Waals surface area contributed by atoms with Gasteiger partial charge in [-0.25, -0.2) is 8.78 Å². The summed E-state index contributed by atoms with van der Waals surface area (Å²) in [4.78, 5) is 11.4. The Balaban J connectivity index is 2.50. The summed E-state index contributed by atoms with van der Waals surface area (Å²) in [6.45, 7) is 0.628. The molecule has 0 bridgehead atoms. The number of Topliss-reactive ketones (excluding diaryl/α,β-unsaturated/α-hetero) is 1. The van der Waals surface area contributed by atoms with Crippen molar-refractivity contribution in [2.24, 2.45) is 0 Å². The van der Waals surface area contributed by atoms with Gasteiger partial charge in [-0.3, -0.25) is 4.79 Å². The zero-order chi connectivity index (χ0) is 19.5. The molecular formula is C20H29F3O3. The lowest BCUT2D eigenvalue weighted by Crippen LogP contribution is -2.09. The van der Waals surface area contributed by atoms with E-state index in [9.17, 15) is 28.2 Å². The van der Waals surface area contributed by atoms with E-state index in [1.54, 1.807) is 0 Å². The second-order valence-electron chi connectivity index (χ2n) is 6.67. The molecule has 0 aromatic heterocycles. The van der Waals surface area contributed by atoms with Crippen LogP contribution in [0.2, 0.25) is 0 Å². The molecule has 0 heterocycles. The van der Waals surface area contributed by atoms with Gasteiger partial charge in [0, 0.05) is 5.56 Å². The predicted octanol–water partition coefficient (Wildman–Crippen LogP) is 5.99. The van der Waals surface area contributed by atoms with Gasteiger partial charge in [0.1, 0.15) is 11.4 Å². The molecule has 0 saturated carbocycles. The Morgan fingerprint density at radius 1 is 0.808 bits per heavy atom. The van der Waals surface area contributed by atoms with E-state index in [0.717, 1.165) is 25.7 Å². The second-order valence-corrected chi connectivity index (χ2v) is 6.67. The number of benzene rings is 1. The van der Waals surface area contributed by atoms with Crippen LogP contribution in [0.3, 0.4) is 0 Å². The van der Waals surface area contributed by atoms with Gasteiger partial charge in [-0.15, -0.1) is 0 Å². The maximum Gasteiger partial charge on any atom is 0.207 e. The van der Waals surface area contributed by atoms with Crippen molar-refractivity contribution >= 4 is 5.78 Å². The van der Waals surface area contributed by atoms with Crippen molar-refractivity contribution in [3.8, 4) is 11.5 Å². The van der Waals surface area contributed by atoms with Crippen molar-refractivity contribution in [1.29, 1.82) is 0 Å². The molecule has 148 valence electrons. The molecule has 2 N–H and O–H groups in total.